The number of rotatable bonds is 7. The van der Waals surface area contributed by atoms with Crippen molar-refractivity contribution in [3.63, 3.8) is 0 Å². The molecule has 8 heteroatoms. The zero-order chi connectivity index (χ0) is 21.2. The van der Waals surface area contributed by atoms with E-state index < -0.39 is 25.1 Å². The van der Waals surface area contributed by atoms with Gasteiger partial charge in [0.2, 0.25) is 10.0 Å². The molecular weight excluding hydrogens is 426 g/mol. The predicted octanol–water partition coefficient (Wildman–Crippen LogP) is 4.17. The molecular formula is C21H23NO4S3. The zero-order valence-corrected chi connectivity index (χ0v) is 18.9. The number of sulfonamides is 1. The molecule has 0 bridgehead atoms. The Hall–Kier alpha value is -2.00. The van der Waals surface area contributed by atoms with Crippen LogP contribution in [0.15, 0.2) is 69.8 Å². The molecule has 0 saturated heterocycles. The summed E-state index contributed by atoms with van der Waals surface area (Å²) in [6.45, 7) is 5.15. The van der Waals surface area contributed by atoms with Crippen molar-refractivity contribution in [2.24, 2.45) is 0 Å². The van der Waals surface area contributed by atoms with Gasteiger partial charge in [-0.05, 0) is 55.5 Å². The molecule has 0 aliphatic heterocycles. The second kappa shape index (κ2) is 8.39. The van der Waals surface area contributed by atoms with E-state index in [1.54, 1.807) is 61.7 Å². The largest absolute Gasteiger partial charge is 0.241 e. The maximum atomic E-state index is 13.2. The van der Waals surface area contributed by atoms with E-state index in [1.165, 1.54) is 23.5 Å². The Bertz CT molecular complexity index is 1180. The maximum Gasteiger partial charge on any atom is 0.241 e. The molecule has 0 saturated carbocycles. The monoisotopic (exact) mass is 449 g/mol. The highest BCUT2D eigenvalue weighted by Gasteiger charge is 2.32. The standard InChI is InChI=1S/C21H23NO4S3/c1-15-12-16(2)21(17(3)13-15)29(25,26)22-14-20(19-10-7-11-27-19)28(23,24)18-8-5-4-6-9-18/h4-13,20,22H,14H2,1-3H3/t20-/m0/s1. The molecule has 1 heterocycles. The van der Waals surface area contributed by atoms with Gasteiger partial charge in [0.1, 0.15) is 5.25 Å². The number of benzene rings is 2. The van der Waals surface area contributed by atoms with Crippen LogP contribution in [0.25, 0.3) is 0 Å². The van der Waals surface area contributed by atoms with E-state index in [0.29, 0.717) is 16.0 Å². The third-order valence-corrected chi connectivity index (χ3v) is 9.60. The van der Waals surface area contributed by atoms with E-state index in [2.05, 4.69) is 4.72 Å². The quantitative estimate of drug-likeness (QED) is 0.587. The molecule has 0 aliphatic rings. The van der Waals surface area contributed by atoms with Crippen molar-refractivity contribution in [3.05, 3.63) is 81.5 Å². The topological polar surface area (TPSA) is 80.3 Å². The maximum absolute atomic E-state index is 13.2. The van der Waals surface area contributed by atoms with Gasteiger partial charge in [-0.1, -0.05) is 42.0 Å². The Balaban J connectivity index is 1.97. The normalized spacial score (nSPS) is 13.3. The Kier molecular flexibility index (Phi) is 6.28. The van der Waals surface area contributed by atoms with Gasteiger partial charge in [0.05, 0.1) is 9.79 Å². The molecule has 0 aliphatic carbocycles. The van der Waals surface area contributed by atoms with Crippen molar-refractivity contribution in [2.75, 3.05) is 6.54 Å². The highest BCUT2D eigenvalue weighted by Crippen LogP contribution is 2.32. The summed E-state index contributed by atoms with van der Waals surface area (Å²) in [5.74, 6) is 0. The number of thiophene rings is 1. The molecule has 0 radical (unpaired) electrons. The predicted molar refractivity (Wildman–Crippen MR) is 117 cm³/mol. The van der Waals surface area contributed by atoms with E-state index in [-0.39, 0.29) is 16.3 Å². The van der Waals surface area contributed by atoms with Crippen LogP contribution in [0.4, 0.5) is 0 Å². The van der Waals surface area contributed by atoms with Crippen LogP contribution in [0.5, 0.6) is 0 Å². The summed E-state index contributed by atoms with van der Waals surface area (Å²) in [5, 5.41) is 0.775. The van der Waals surface area contributed by atoms with E-state index in [1.807, 2.05) is 6.92 Å². The summed E-state index contributed by atoms with van der Waals surface area (Å²) in [4.78, 5) is 0.958. The van der Waals surface area contributed by atoms with Gasteiger partial charge in [-0.3, -0.25) is 0 Å². The SMILES string of the molecule is Cc1cc(C)c(S(=O)(=O)NC[C@@H](c2cccs2)S(=O)(=O)c2ccccc2)c(C)c1. The molecule has 29 heavy (non-hydrogen) atoms. The Morgan fingerprint density at radius 3 is 2.07 bits per heavy atom. The number of hydrogen-bond acceptors (Lipinski definition) is 5. The van der Waals surface area contributed by atoms with Crippen molar-refractivity contribution in [1.29, 1.82) is 0 Å². The Morgan fingerprint density at radius 1 is 0.897 bits per heavy atom. The smallest absolute Gasteiger partial charge is 0.223 e. The fraction of sp³-hybridized carbons (Fsp3) is 0.238. The average molecular weight is 450 g/mol. The summed E-state index contributed by atoms with van der Waals surface area (Å²) in [7, 11) is -7.65. The van der Waals surface area contributed by atoms with Gasteiger partial charge in [0.15, 0.2) is 9.84 Å². The van der Waals surface area contributed by atoms with Crippen LogP contribution in [0.2, 0.25) is 0 Å². The van der Waals surface area contributed by atoms with E-state index >= 15 is 0 Å². The Morgan fingerprint density at radius 2 is 1.52 bits per heavy atom. The van der Waals surface area contributed by atoms with Crippen LogP contribution in [0.3, 0.4) is 0 Å². The second-order valence-electron chi connectivity index (χ2n) is 6.94. The lowest BCUT2D eigenvalue weighted by Gasteiger charge is -2.19. The van der Waals surface area contributed by atoms with Gasteiger partial charge in [-0.2, -0.15) is 0 Å². The minimum atomic E-state index is -3.88. The lowest BCUT2D eigenvalue weighted by atomic mass is 10.1. The number of nitrogens with one attached hydrogen (secondary N) is 1. The van der Waals surface area contributed by atoms with Crippen LogP contribution < -0.4 is 4.72 Å². The van der Waals surface area contributed by atoms with Crippen molar-refractivity contribution >= 4 is 31.2 Å². The minimum Gasteiger partial charge on any atom is -0.223 e. The van der Waals surface area contributed by atoms with Crippen LogP contribution in [0.1, 0.15) is 26.8 Å². The lowest BCUT2D eigenvalue weighted by molar-refractivity contribution is 0.569. The van der Waals surface area contributed by atoms with Crippen LogP contribution in [-0.2, 0) is 19.9 Å². The van der Waals surface area contributed by atoms with Gasteiger partial charge in [0.25, 0.3) is 0 Å². The van der Waals surface area contributed by atoms with E-state index in [0.717, 1.165) is 5.56 Å². The van der Waals surface area contributed by atoms with E-state index in [4.69, 9.17) is 0 Å². The molecule has 0 unspecified atom stereocenters. The van der Waals surface area contributed by atoms with Crippen LogP contribution in [-0.4, -0.2) is 23.4 Å². The van der Waals surface area contributed by atoms with Crippen molar-refractivity contribution in [1.82, 2.24) is 4.72 Å². The van der Waals surface area contributed by atoms with Crippen LogP contribution >= 0.6 is 11.3 Å². The second-order valence-corrected chi connectivity index (χ2v) is 11.8. The Labute approximate surface area is 176 Å². The first-order chi connectivity index (χ1) is 13.6. The summed E-state index contributed by atoms with van der Waals surface area (Å²) in [6.07, 6.45) is 0. The van der Waals surface area contributed by atoms with Gasteiger partial charge < -0.3 is 0 Å². The number of aryl methyl sites for hydroxylation is 3. The summed E-state index contributed by atoms with van der Waals surface area (Å²) in [6, 6.07) is 15.2. The van der Waals surface area contributed by atoms with Gasteiger partial charge >= 0.3 is 0 Å². The number of hydrogen-bond donors (Lipinski definition) is 1. The summed E-state index contributed by atoms with van der Waals surface area (Å²) < 4.78 is 55.0. The highest BCUT2D eigenvalue weighted by atomic mass is 32.2. The minimum absolute atomic E-state index is 0.167. The third-order valence-electron chi connectivity index (χ3n) is 4.64. The fourth-order valence-electron chi connectivity index (χ4n) is 3.46. The van der Waals surface area contributed by atoms with Gasteiger partial charge in [-0.15, -0.1) is 11.3 Å². The molecule has 5 nitrogen and oxygen atoms in total. The fourth-order valence-corrected chi connectivity index (χ4v) is 7.87. The molecule has 1 aromatic heterocycles. The van der Waals surface area contributed by atoms with Crippen molar-refractivity contribution in [2.45, 2.75) is 35.8 Å². The molecule has 1 N–H and O–H groups in total. The molecule has 0 amide bonds. The van der Waals surface area contributed by atoms with Crippen molar-refractivity contribution < 1.29 is 16.8 Å². The third kappa shape index (κ3) is 4.61. The summed E-state index contributed by atoms with van der Waals surface area (Å²) in [5.41, 5.74) is 2.24. The molecule has 3 rings (SSSR count). The first-order valence-corrected chi connectivity index (χ1v) is 12.9. The molecule has 3 aromatic rings. The van der Waals surface area contributed by atoms with Gasteiger partial charge in [0, 0.05) is 11.4 Å². The highest BCUT2D eigenvalue weighted by molar-refractivity contribution is 7.92. The summed E-state index contributed by atoms with van der Waals surface area (Å²) >= 11 is 1.29. The molecule has 1 atom stereocenters. The van der Waals surface area contributed by atoms with E-state index in [9.17, 15) is 16.8 Å². The molecule has 0 spiro atoms. The van der Waals surface area contributed by atoms with Gasteiger partial charge in [-0.25, -0.2) is 21.6 Å². The molecule has 2 aromatic carbocycles. The van der Waals surface area contributed by atoms with Crippen molar-refractivity contribution in [3.8, 4) is 0 Å². The average Bonchev–Trinajstić information content (AvgIpc) is 3.15. The molecule has 154 valence electrons. The zero-order valence-electron chi connectivity index (χ0n) is 16.4. The lowest BCUT2D eigenvalue weighted by Crippen LogP contribution is -2.32. The molecule has 0 fully saturated rings. The number of sulfone groups is 1. The first-order valence-electron chi connectivity index (χ1n) is 9.03. The first kappa shape index (κ1) is 21.7. The van der Waals surface area contributed by atoms with Crippen LogP contribution in [0, 0.1) is 20.8 Å².